The molecule has 14 nitrogen and oxygen atoms in total. The van der Waals surface area contributed by atoms with Crippen LogP contribution >= 0.6 is 0 Å². The lowest BCUT2D eigenvalue weighted by molar-refractivity contribution is -0.309. The predicted molar refractivity (Wildman–Crippen MR) is 292 cm³/mol. The molecule has 0 amide bonds. The second-order valence-corrected chi connectivity index (χ2v) is 23.0. The Balaban J connectivity index is 0.000000281. The Morgan fingerprint density at radius 1 is 0.434 bits per heavy atom. The quantitative estimate of drug-likeness (QED) is 0.0563. The molecule has 2 aliphatic rings. The zero-order valence-corrected chi connectivity index (χ0v) is 47.1. The van der Waals surface area contributed by atoms with Gasteiger partial charge >= 0.3 is 23.9 Å². The average Bonchev–Trinajstić information content (AvgIpc) is 3.38. The van der Waals surface area contributed by atoms with Crippen molar-refractivity contribution in [1.82, 2.24) is 10.1 Å². The molecule has 76 heavy (non-hydrogen) atoms. The van der Waals surface area contributed by atoms with Crippen molar-refractivity contribution >= 4 is 23.9 Å². The SMILES string of the molecule is CC(O)C(=O)OC(C)C(=O)OCC(CC(ON1C(C)(C)CCCC1(C)C)c1ccccc1)c1ccccc1.C[C@H](O)C(=O)O[C@@H](C)C(=O)OCC(CC(ON1C(C)(C)CCCC1(C)C)c1ccccc1)c1ccccc1. The lowest BCUT2D eigenvalue weighted by Gasteiger charge is -2.52. The molecule has 2 fully saturated rings. The summed E-state index contributed by atoms with van der Waals surface area (Å²) in [6, 6.07) is 40.1. The molecule has 0 saturated carbocycles. The molecule has 14 heteroatoms. The van der Waals surface area contributed by atoms with Crippen molar-refractivity contribution in [3.63, 3.8) is 0 Å². The summed E-state index contributed by atoms with van der Waals surface area (Å²) < 4.78 is 21.3. The standard InChI is InChI=1S/2C31H43NO6/c2*1-22(33)28(34)37-23(2)29(35)36-21-26(24-14-9-7-10-15-24)20-27(25-16-11-8-12-17-25)38-32-30(3,4)18-13-19-31(32,5)6/h2*7-12,14-17,22-23,26-27,33H,13,18-21H2,1-6H3/t22-,23-,26?,27?;/m0./s1. The number of aliphatic hydroxyl groups excluding tert-OH is 2. The Morgan fingerprint density at radius 2 is 0.697 bits per heavy atom. The minimum absolute atomic E-state index is 0.0961. The maximum Gasteiger partial charge on any atom is 0.347 e. The van der Waals surface area contributed by atoms with E-state index in [2.05, 4.69) is 89.8 Å². The number of nitrogens with zero attached hydrogens (tertiary/aromatic N) is 2. The van der Waals surface area contributed by atoms with E-state index < -0.39 is 48.3 Å². The Bertz CT molecular complexity index is 2210. The number of hydroxylamine groups is 4. The number of carbonyl (C=O) groups is 4. The van der Waals surface area contributed by atoms with Crippen molar-refractivity contribution < 1.29 is 58.0 Å². The first kappa shape index (κ1) is 61.4. The lowest BCUT2D eigenvalue weighted by atomic mass is 9.82. The predicted octanol–water partition coefficient (Wildman–Crippen LogP) is 11.5. The summed E-state index contributed by atoms with van der Waals surface area (Å²) in [5.74, 6) is -3.37. The minimum atomic E-state index is -1.31. The summed E-state index contributed by atoms with van der Waals surface area (Å²) in [7, 11) is 0. The molecular formula is C62H86N2O12. The Labute approximate surface area is 452 Å². The van der Waals surface area contributed by atoms with Gasteiger partial charge in [-0.15, -0.1) is 0 Å². The summed E-state index contributed by atoms with van der Waals surface area (Å²) in [6.45, 7) is 23.5. The highest BCUT2D eigenvalue weighted by Gasteiger charge is 2.46. The third-order valence-corrected chi connectivity index (χ3v) is 14.5. The number of rotatable bonds is 22. The van der Waals surface area contributed by atoms with Crippen LogP contribution in [0, 0.1) is 0 Å². The number of benzene rings is 4. The van der Waals surface area contributed by atoms with Gasteiger partial charge < -0.3 is 29.2 Å². The van der Waals surface area contributed by atoms with Gasteiger partial charge in [-0.1, -0.05) is 121 Å². The van der Waals surface area contributed by atoms with Crippen LogP contribution in [0.5, 0.6) is 0 Å². The molecule has 6 rings (SSSR count). The third kappa shape index (κ3) is 17.8. The molecule has 0 aromatic heterocycles. The lowest BCUT2D eigenvalue weighted by Crippen LogP contribution is -2.58. The van der Waals surface area contributed by atoms with E-state index in [1.54, 1.807) is 0 Å². The van der Waals surface area contributed by atoms with Gasteiger partial charge in [-0.25, -0.2) is 19.2 Å². The molecule has 4 aromatic rings. The van der Waals surface area contributed by atoms with Crippen molar-refractivity contribution in [2.45, 2.75) is 205 Å². The molecule has 6 unspecified atom stereocenters. The largest absolute Gasteiger partial charge is 0.462 e. The normalized spacial score (nSPS) is 20.1. The Kier molecular flexibility index (Phi) is 22.4. The van der Waals surface area contributed by atoms with Gasteiger partial charge in [0.1, 0.15) is 24.4 Å². The van der Waals surface area contributed by atoms with Crippen molar-refractivity contribution in [3.8, 4) is 0 Å². The summed E-state index contributed by atoms with van der Waals surface area (Å²) in [5.41, 5.74) is 3.62. The minimum Gasteiger partial charge on any atom is -0.462 e. The van der Waals surface area contributed by atoms with E-state index in [4.69, 9.17) is 28.6 Å². The first-order chi connectivity index (χ1) is 35.8. The summed E-state index contributed by atoms with van der Waals surface area (Å²) in [5, 5.41) is 23.1. The van der Waals surface area contributed by atoms with E-state index in [0.29, 0.717) is 12.8 Å². The highest BCUT2D eigenvalue weighted by atomic mass is 16.7. The monoisotopic (exact) mass is 1050 g/mol. The van der Waals surface area contributed by atoms with E-state index >= 15 is 0 Å². The number of hydrogen-bond donors (Lipinski definition) is 2. The maximum atomic E-state index is 12.7. The maximum absolute atomic E-state index is 12.7. The van der Waals surface area contributed by atoms with Gasteiger partial charge in [0.15, 0.2) is 12.2 Å². The van der Waals surface area contributed by atoms with Gasteiger partial charge in [-0.2, -0.15) is 10.1 Å². The zero-order valence-electron chi connectivity index (χ0n) is 47.1. The molecule has 2 heterocycles. The van der Waals surface area contributed by atoms with Crippen molar-refractivity contribution in [2.24, 2.45) is 0 Å². The molecule has 2 aliphatic heterocycles. The highest BCUT2D eigenvalue weighted by molar-refractivity contribution is 5.81. The van der Waals surface area contributed by atoms with E-state index in [0.717, 1.165) is 60.8 Å². The van der Waals surface area contributed by atoms with Gasteiger partial charge in [0, 0.05) is 34.0 Å². The molecule has 4 aromatic carbocycles. The average molecular weight is 1050 g/mol. The fraction of sp³-hybridized carbons (Fsp3) is 0.548. The summed E-state index contributed by atoms with van der Waals surface area (Å²) in [4.78, 5) is 62.5. The summed E-state index contributed by atoms with van der Waals surface area (Å²) in [6.07, 6.45) is 2.20. The van der Waals surface area contributed by atoms with Gasteiger partial charge in [-0.05, 0) is 157 Å². The van der Waals surface area contributed by atoms with Crippen molar-refractivity contribution in [3.05, 3.63) is 144 Å². The van der Waals surface area contributed by atoms with Crippen molar-refractivity contribution in [1.29, 1.82) is 0 Å². The van der Waals surface area contributed by atoms with Crippen LogP contribution in [0.1, 0.15) is 181 Å². The molecule has 416 valence electrons. The number of esters is 4. The first-order valence-electron chi connectivity index (χ1n) is 27.1. The fourth-order valence-electron chi connectivity index (χ4n) is 10.4. The molecule has 0 spiro atoms. The van der Waals surface area contributed by atoms with Crippen LogP contribution in [0.3, 0.4) is 0 Å². The van der Waals surface area contributed by atoms with E-state index in [1.807, 2.05) is 97.1 Å². The van der Waals surface area contributed by atoms with Gasteiger partial charge in [0.2, 0.25) is 0 Å². The van der Waals surface area contributed by atoms with Crippen molar-refractivity contribution in [2.75, 3.05) is 13.2 Å². The fourth-order valence-corrected chi connectivity index (χ4v) is 10.4. The van der Waals surface area contributed by atoms with Crippen LogP contribution in [0.15, 0.2) is 121 Å². The molecule has 2 N–H and O–H groups in total. The van der Waals surface area contributed by atoms with Gasteiger partial charge in [0.05, 0.1) is 13.2 Å². The number of carbonyl (C=O) groups excluding carboxylic acids is 4. The molecule has 0 aliphatic carbocycles. The third-order valence-electron chi connectivity index (χ3n) is 14.5. The molecule has 2 saturated heterocycles. The second-order valence-electron chi connectivity index (χ2n) is 23.0. The van der Waals surface area contributed by atoms with Gasteiger partial charge in [0.25, 0.3) is 0 Å². The smallest absolute Gasteiger partial charge is 0.347 e. The molecular weight excluding hydrogens is 965 g/mol. The van der Waals surface area contributed by atoms with Gasteiger partial charge in [-0.3, -0.25) is 9.68 Å². The van der Waals surface area contributed by atoms with Crippen LogP contribution in [-0.2, 0) is 47.8 Å². The van der Waals surface area contributed by atoms with Crippen LogP contribution in [-0.4, -0.2) is 104 Å². The van der Waals surface area contributed by atoms with E-state index in [-0.39, 0.29) is 59.4 Å². The van der Waals surface area contributed by atoms with E-state index in [1.165, 1.54) is 27.7 Å². The highest BCUT2D eigenvalue weighted by Crippen LogP contribution is 2.44. The number of ether oxygens (including phenoxy) is 4. The molecule has 0 radical (unpaired) electrons. The molecule has 8 atom stereocenters. The molecule has 0 bridgehead atoms. The zero-order chi connectivity index (χ0) is 55.8. The second kappa shape index (κ2) is 27.7. The number of aliphatic hydroxyl groups is 2. The van der Waals surface area contributed by atoms with E-state index in [9.17, 15) is 29.4 Å². The van der Waals surface area contributed by atoms with Crippen LogP contribution < -0.4 is 0 Å². The van der Waals surface area contributed by atoms with Crippen LogP contribution in [0.4, 0.5) is 0 Å². The van der Waals surface area contributed by atoms with Crippen LogP contribution in [0.2, 0.25) is 0 Å². The number of hydrogen-bond acceptors (Lipinski definition) is 14. The first-order valence-corrected chi connectivity index (χ1v) is 27.1. The summed E-state index contributed by atoms with van der Waals surface area (Å²) >= 11 is 0. The topological polar surface area (TPSA) is 171 Å². The number of piperidine rings is 2. The van der Waals surface area contributed by atoms with Crippen LogP contribution in [0.25, 0.3) is 0 Å². The Morgan fingerprint density at radius 3 is 0.961 bits per heavy atom. The Hall–Kier alpha value is -5.48.